The molecule has 0 aliphatic rings. The maximum Gasteiger partial charge on any atom is 0.472 e. The smallest absolute Gasteiger partial charge is 0.462 e. The number of phosphoric ester groups is 1. The predicted octanol–water partition coefficient (Wildman–Crippen LogP) is 20.1. The molecule has 0 radical (unpaired) electrons. The van der Waals surface area contributed by atoms with Gasteiger partial charge in [-0.1, -0.05) is 246 Å². The summed E-state index contributed by atoms with van der Waals surface area (Å²) in [6, 6.07) is 0. The number of allylic oxidation sites excluding steroid dienone is 18. The molecule has 2 N–H and O–H groups in total. The highest BCUT2D eigenvalue weighted by atomic mass is 31.2. The Morgan fingerprint density at radius 3 is 0.988 bits per heavy atom. The third kappa shape index (κ3) is 60.7. The second-order valence-corrected chi connectivity index (χ2v) is 23.0. The SMILES string of the molecule is CC/C=C\C/C=C\C/C=C\C/C=C\CCCCCCCCC(=O)OC(COC(=O)CCCCCCCCCCC/C=C\CCCCCCCC)COP(=O)(O)OCC(CO)OC(=O)CCCCCC/C=C\C/C=C\C/C=C\C/C=C\CC. The average Bonchev–Trinajstić information content (AvgIpc) is 3.50. The number of rotatable bonds is 60. The maximum atomic E-state index is 13.0. The lowest BCUT2D eigenvalue weighted by Gasteiger charge is -2.21. The monoisotopic (exact) mass is 1170 g/mol. The molecule has 0 aliphatic carbocycles. The number of hydrogen-bond acceptors (Lipinski definition) is 10. The zero-order chi connectivity index (χ0) is 59.8. The van der Waals surface area contributed by atoms with Crippen molar-refractivity contribution in [3.05, 3.63) is 109 Å². The van der Waals surface area contributed by atoms with Crippen LogP contribution in [0.25, 0.3) is 0 Å². The fraction of sp³-hybridized carbons (Fsp3) is 0.700. The summed E-state index contributed by atoms with van der Waals surface area (Å²) in [5.41, 5.74) is 0. The number of unbranched alkanes of at least 4 members (excludes halogenated alkanes) is 25. The van der Waals surface area contributed by atoms with Gasteiger partial charge in [-0.3, -0.25) is 23.4 Å². The molecule has 3 unspecified atom stereocenters. The standard InChI is InChI=1S/C70H119O11P/c1-4-7-10-13-16-19-22-25-28-31-33-36-38-41-44-47-50-53-56-59-68(72)77-63-67(81-70(74)61-58-55-52-49-46-43-40-37-34-32-29-26-23-20-17-14-11-8-5-2)65-79-82(75,76)78-64-66(62-71)80-69(73)60-57-54-51-48-45-42-39-35-30-27-24-21-18-15-12-9-6-3/h8-9,11-12,17-18,20-21,25-30,34,37,39,42,66-67,71H,4-7,10,13-16,19,22-24,31-33,35-36,38,40-41,43-65H2,1-3H3,(H,75,76)/b11-8-,12-9-,20-17-,21-18-,28-25-,29-26-,30-27-,37-34-,42-39-. The minimum absolute atomic E-state index is 0.144. The normalized spacial score (nSPS) is 14.0. The second-order valence-electron chi connectivity index (χ2n) is 21.5. The lowest BCUT2D eigenvalue weighted by molar-refractivity contribution is -0.161. The van der Waals surface area contributed by atoms with E-state index in [-0.39, 0.29) is 25.9 Å². The summed E-state index contributed by atoms with van der Waals surface area (Å²) in [6.45, 7) is 4.40. The Labute approximate surface area is 501 Å². The molecule has 0 aliphatic heterocycles. The fourth-order valence-electron chi connectivity index (χ4n) is 8.75. The summed E-state index contributed by atoms with van der Waals surface area (Å²) < 4.78 is 39.7. The highest BCUT2D eigenvalue weighted by Gasteiger charge is 2.28. The first-order valence-corrected chi connectivity index (χ1v) is 34.3. The van der Waals surface area contributed by atoms with Crippen molar-refractivity contribution in [1.82, 2.24) is 0 Å². The first-order chi connectivity index (χ1) is 40.2. The van der Waals surface area contributed by atoms with Crippen molar-refractivity contribution in [1.29, 1.82) is 0 Å². The molecule has 0 bridgehead atoms. The third-order valence-corrected chi connectivity index (χ3v) is 14.6. The molecule has 0 fully saturated rings. The highest BCUT2D eigenvalue weighted by Crippen LogP contribution is 2.43. The van der Waals surface area contributed by atoms with E-state index in [1.807, 2.05) is 0 Å². The number of hydrogen-bond donors (Lipinski definition) is 2. The Morgan fingerprint density at radius 1 is 0.354 bits per heavy atom. The predicted molar refractivity (Wildman–Crippen MR) is 343 cm³/mol. The van der Waals surface area contributed by atoms with E-state index in [0.717, 1.165) is 135 Å². The molecule has 0 saturated carbocycles. The van der Waals surface area contributed by atoms with Gasteiger partial charge in [-0.15, -0.1) is 0 Å². The van der Waals surface area contributed by atoms with Crippen LogP contribution in [-0.2, 0) is 42.2 Å². The van der Waals surface area contributed by atoms with Crippen LogP contribution in [0, 0.1) is 0 Å². The third-order valence-electron chi connectivity index (χ3n) is 13.7. The van der Waals surface area contributed by atoms with Gasteiger partial charge in [0.25, 0.3) is 0 Å². The van der Waals surface area contributed by atoms with Crippen molar-refractivity contribution in [2.75, 3.05) is 26.4 Å². The molecular weight excluding hydrogens is 1050 g/mol. The summed E-state index contributed by atoms with van der Waals surface area (Å²) in [6.07, 6.45) is 77.5. The minimum atomic E-state index is -4.77. The molecule has 12 heteroatoms. The Balaban J connectivity index is 4.76. The highest BCUT2D eigenvalue weighted by molar-refractivity contribution is 7.47. The van der Waals surface area contributed by atoms with Gasteiger partial charge in [0.05, 0.1) is 19.8 Å². The second kappa shape index (κ2) is 63.2. The van der Waals surface area contributed by atoms with Crippen LogP contribution in [-0.4, -0.2) is 66.5 Å². The number of aliphatic hydroxyl groups is 1. The molecule has 0 spiro atoms. The van der Waals surface area contributed by atoms with Crippen LogP contribution < -0.4 is 0 Å². The fourth-order valence-corrected chi connectivity index (χ4v) is 9.53. The van der Waals surface area contributed by atoms with Crippen molar-refractivity contribution >= 4 is 25.7 Å². The molecular formula is C70H119O11P. The number of ether oxygens (including phenoxy) is 3. The zero-order valence-corrected chi connectivity index (χ0v) is 53.1. The molecule has 0 aromatic carbocycles. The van der Waals surface area contributed by atoms with E-state index in [9.17, 15) is 28.9 Å². The summed E-state index contributed by atoms with van der Waals surface area (Å²) in [5, 5.41) is 9.86. The van der Waals surface area contributed by atoms with Crippen LogP contribution >= 0.6 is 7.82 Å². The molecule has 11 nitrogen and oxygen atoms in total. The lowest BCUT2D eigenvalue weighted by atomic mass is 10.1. The Hall–Kier alpha value is -3.86. The van der Waals surface area contributed by atoms with Gasteiger partial charge in [-0.2, -0.15) is 0 Å². The van der Waals surface area contributed by atoms with Crippen LogP contribution in [0.3, 0.4) is 0 Å². The zero-order valence-electron chi connectivity index (χ0n) is 52.2. The Kier molecular flexibility index (Phi) is 60.2. The van der Waals surface area contributed by atoms with Crippen LogP contribution in [0.15, 0.2) is 109 Å². The maximum absolute atomic E-state index is 13.0. The largest absolute Gasteiger partial charge is 0.472 e. The van der Waals surface area contributed by atoms with Crippen molar-refractivity contribution in [2.24, 2.45) is 0 Å². The molecule has 3 atom stereocenters. The summed E-state index contributed by atoms with van der Waals surface area (Å²) in [7, 11) is -4.77. The number of esters is 3. The van der Waals surface area contributed by atoms with Crippen molar-refractivity contribution in [3.8, 4) is 0 Å². The Morgan fingerprint density at radius 2 is 0.634 bits per heavy atom. The average molecular weight is 1170 g/mol. The molecule has 82 heavy (non-hydrogen) atoms. The molecule has 0 saturated heterocycles. The topological polar surface area (TPSA) is 155 Å². The quantitative estimate of drug-likeness (QED) is 0.0197. The number of carbonyl (C=O) groups is 3. The van der Waals surface area contributed by atoms with E-state index in [4.69, 9.17) is 23.3 Å². The molecule has 0 aromatic heterocycles. The molecule has 0 amide bonds. The van der Waals surface area contributed by atoms with Crippen molar-refractivity contribution < 1.29 is 52.2 Å². The minimum Gasteiger partial charge on any atom is -0.462 e. The van der Waals surface area contributed by atoms with E-state index < -0.39 is 57.8 Å². The van der Waals surface area contributed by atoms with Crippen LogP contribution in [0.4, 0.5) is 0 Å². The van der Waals surface area contributed by atoms with Gasteiger partial charge in [0.1, 0.15) is 12.7 Å². The van der Waals surface area contributed by atoms with E-state index in [2.05, 4.69) is 130 Å². The van der Waals surface area contributed by atoms with Gasteiger partial charge < -0.3 is 24.2 Å². The molecule has 0 heterocycles. The van der Waals surface area contributed by atoms with Crippen molar-refractivity contribution in [3.63, 3.8) is 0 Å². The molecule has 0 rings (SSSR count). The molecule has 470 valence electrons. The van der Waals surface area contributed by atoms with Crippen LogP contribution in [0.1, 0.15) is 278 Å². The number of phosphoric acid groups is 1. The first kappa shape index (κ1) is 78.1. The Bertz CT molecular complexity index is 1790. The summed E-state index contributed by atoms with van der Waals surface area (Å²) >= 11 is 0. The van der Waals surface area contributed by atoms with Gasteiger partial charge in [0.15, 0.2) is 6.10 Å². The van der Waals surface area contributed by atoms with Crippen LogP contribution in [0.2, 0.25) is 0 Å². The van der Waals surface area contributed by atoms with Gasteiger partial charge in [-0.05, 0) is 122 Å². The van der Waals surface area contributed by atoms with Gasteiger partial charge in [-0.25, -0.2) is 4.57 Å². The van der Waals surface area contributed by atoms with E-state index in [1.54, 1.807) is 0 Å². The van der Waals surface area contributed by atoms with Gasteiger partial charge in [0, 0.05) is 19.3 Å². The number of carbonyl (C=O) groups excluding carboxylic acids is 3. The lowest BCUT2D eigenvalue weighted by Crippen LogP contribution is -2.30. The number of aliphatic hydroxyl groups excluding tert-OH is 1. The van der Waals surface area contributed by atoms with E-state index in [1.165, 1.54) is 83.5 Å². The van der Waals surface area contributed by atoms with E-state index in [0.29, 0.717) is 19.3 Å². The van der Waals surface area contributed by atoms with Crippen molar-refractivity contribution in [2.45, 2.75) is 290 Å². The molecule has 0 aromatic rings. The summed E-state index contributed by atoms with van der Waals surface area (Å²) in [5.74, 6) is -1.51. The van der Waals surface area contributed by atoms with Gasteiger partial charge in [0.2, 0.25) is 0 Å². The van der Waals surface area contributed by atoms with E-state index >= 15 is 0 Å². The first-order valence-electron chi connectivity index (χ1n) is 32.8. The van der Waals surface area contributed by atoms with Gasteiger partial charge >= 0.3 is 25.7 Å². The summed E-state index contributed by atoms with van der Waals surface area (Å²) in [4.78, 5) is 48.8. The van der Waals surface area contributed by atoms with Crippen LogP contribution in [0.5, 0.6) is 0 Å².